The topological polar surface area (TPSA) is 0 Å². The summed E-state index contributed by atoms with van der Waals surface area (Å²) in [6.07, 6.45) is 0. The third kappa shape index (κ3) is 22.9. The summed E-state index contributed by atoms with van der Waals surface area (Å²) in [6, 6.07) is 0. The van der Waals surface area contributed by atoms with Gasteiger partial charge in [0.05, 0.1) is 0 Å². The molecule has 0 fully saturated rings. The van der Waals surface area contributed by atoms with Gasteiger partial charge in [-0.2, -0.15) is 0 Å². The molecule has 0 aromatic heterocycles. The van der Waals surface area contributed by atoms with Crippen LogP contribution in [0.2, 0.25) is 0 Å². The molecule has 0 saturated heterocycles. The van der Waals surface area contributed by atoms with Crippen LogP contribution in [0.4, 0.5) is 0 Å². The average molecular weight is 468 g/mol. The van der Waals surface area contributed by atoms with Crippen molar-refractivity contribution in [3.63, 3.8) is 0 Å². The largest absolute Gasteiger partial charge is 1.00 e. The van der Waals surface area contributed by atoms with E-state index in [1.54, 1.807) is 0 Å². The number of hydrogen-bond acceptors (Lipinski definition) is 0. The Labute approximate surface area is 159 Å². The van der Waals surface area contributed by atoms with Gasteiger partial charge >= 0.3 is 78.4 Å². The number of rotatable bonds is 0. The predicted molar refractivity (Wildman–Crippen MR) is 14.3 cm³/mol. The Hall–Kier alpha value is 5.15. The van der Waals surface area contributed by atoms with E-state index in [1.165, 1.54) is 0 Å². The summed E-state index contributed by atoms with van der Waals surface area (Å²) >= 11 is 0. The van der Waals surface area contributed by atoms with Crippen LogP contribution in [0.15, 0.2) is 0 Å². The minimum absolute atomic E-state index is 0. The van der Waals surface area contributed by atoms with Gasteiger partial charge in [0, 0.05) is 80.4 Å². The Balaban J connectivity index is 0. The zero-order chi connectivity index (χ0) is 0. The molecule has 0 spiro atoms. The van der Waals surface area contributed by atoms with Crippen LogP contribution in [0.3, 0.4) is 0 Å². The van der Waals surface area contributed by atoms with E-state index in [-0.39, 0.29) is 164 Å². The summed E-state index contributed by atoms with van der Waals surface area (Å²) < 4.78 is 0. The molecule has 0 aromatic carbocycles. The first kappa shape index (κ1) is 43.3. The molecule has 0 aliphatic carbocycles. The van der Waals surface area contributed by atoms with Crippen LogP contribution in [-0.2, 0) is 26.2 Å². The maximum Gasteiger partial charge on any atom is 1.00 e. The van der Waals surface area contributed by atoms with E-state index in [9.17, 15) is 0 Å². The molecular weight excluding hydrogens is 466 g/mol. The predicted octanol–water partition coefficient (Wildman–Crippen LogP) is -7.29. The summed E-state index contributed by atoms with van der Waals surface area (Å²) in [5.74, 6) is 0. The van der Waals surface area contributed by atoms with E-state index >= 15 is 0 Å². The summed E-state index contributed by atoms with van der Waals surface area (Å²) in [6.45, 7) is 0. The second-order valence-electron chi connectivity index (χ2n) is 0. The smallest absolute Gasteiger partial charge is 1.00 e. The van der Waals surface area contributed by atoms with Crippen LogP contribution in [-0.4, -0.2) is 66.2 Å². The summed E-state index contributed by atoms with van der Waals surface area (Å²) in [4.78, 5) is 0. The van der Waals surface area contributed by atoms with Crippen LogP contribution < -0.4 is 34.3 Å². The first-order chi connectivity index (χ1) is 0. The summed E-state index contributed by atoms with van der Waals surface area (Å²) in [5, 5.41) is 0. The van der Waals surface area contributed by atoms with Gasteiger partial charge in [0.15, 0.2) is 0 Å². The van der Waals surface area contributed by atoms with Gasteiger partial charge < -0.3 is 4.70 Å². The fourth-order valence-electron chi connectivity index (χ4n) is 0. The quantitative estimate of drug-likeness (QED) is 0.310. The van der Waals surface area contributed by atoms with Crippen molar-refractivity contribution in [1.29, 1.82) is 0 Å². The fraction of sp³-hybridized carbons (Fsp3) is 0. The molecule has 0 aliphatic heterocycles. The average Bonchev–Trinajstić information content (AvgIpc) is 0. The molecule has 0 amide bonds. The third-order valence-corrected chi connectivity index (χ3v) is 0. The summed E-state index contributed by atoms with van der Waals surface area (Å²) in [5.41, 5.74) is 0. The SMILES string of the molecule is [Al].[BaH2].[F-].[Na+].[Tm].[Zr]. The molecule has 6 heavy (non-hydrogen) atoms. The Morgan fingerprint density at radius 2 is 1.00 bits per heavy atom. The van der Waals surface area contributed by atoms with Gasteiger partial charge in [-0.3, -0.25) is 0 Å². The molecule has 0 N–H and O–H groups in total. The molecule has 4 radical (unpaired) electrons. The Morgan fingerprint density at radius 3 is 1.00 bits per heavy atom. The van der Waals surface area contributed by atoms with Gasteiger partial charge in [0.1, 0.15) is 0 Å². The minimum Gasteiger partial charge on any atom is -1.00 e. The van der Waals surface area contributed by atoms with E-state index in [0.29, 0.717) is 0 Å². The van der Waals surface area contributed by atoms with Crippen molar-refractivity contribution >= 4 is 66.2 Å². The van der Waals surface area contributed by atoms with Crippen molar-refractivity contribution in [1.82, 2.24) is 0 Å². The van der Waals surface area contributed by atoms with Crippen LogP contribution in [0.5, 0.6) is 0 Å². The molecule has 0 saturated carbocycles. The van der Waals surface area contributed by atoms with Crippen molar-refractivity contribution < 1.29 is 97.3 Å². The molecule has 0 atom stereocenters. The van der Waals surface area contributed by atoms with Gasteiger partial charge in [-0.15, -0.1) is 0 Å². The normalized spacial score (nSPS) is 0. The van der Waals surface area contributed by atoms with Crippen molar-refractivity contribution in [3.05, 3.63) is 0 Å². The monoisotopic (exact) mass is 468 g/mol. The molecular formula is H2AlBaFNaTmZr. The van der Waals surface area contributed by atoms with E-state index in [1.807, 2.05) is 0 Å². The standard InChI is InChI=1S/Al.Ba.FH.Na.Tm.Zr.2H/h;;1H;;;;;/q;;;+1;;;;/p-1. The van der Waals surface area contributed by atoms with Gasteiger partial charge in [0.2, 0.25) is 0 Å². The minimum atomic E-state index is 0. The molecule has 0 bridgehead atoms. The van der Waals surface area contributed by atoms with E-state index in [2.05, 4.69) is 0 Å². The van der Waals surface area contributed by atoms with Crippen LogP contribution in [0, 0.1) is 36.9 Å². The van der Waals surface area contributed by atoms with Crippen molar-refractivity contribution in [2.24, 2.45) is 0 Å². The molecule has 6 heteroatoms. The Morgan fingerprint density at radius 1 is 1.00 bits per heavy atom. The van der Waals surface area contributed by atoms with Gasteiger partial charge in [0.25, 0.3) is 0 Å². The number of hydrogen-bond donors (Lipinski definition) is 0. The first-order valence-electron chi connectivity index (χ1n) is 0. The van der Waals surface area contributed by atoms with Crippen LogP contribution >= 0.6 is 0 Å². The molecule has 0 aliphatic rings. The zero-order valence-corrected chi connectivity index (χ0v) is 10.1. The van der Waals surface area contributed by atoms with Crippen molar-refractivity contribution in [3.8, 4) is 0 Å². The van der Waals surface area contributed by atoms with Gasteiger partial charge in [-0.05, 0) is 0 Å². The first-order valence-corrected chi connectivity index (χ1v) is 0. The van der Waals surface area contributed by atoms with Crippen LogP contribution in [0.25, 0.3) is 0 Å². The molecule has 32 valence electrons. The van der Waals surface area contributed by atoms with Crippen molar-refractivity contribution in [2.45, 2.75) is 0 Å². The Bertz CT molecular complexity index is 15.5. The van der Waals surface area contributed by atoms with E-state index < -0.39 is 0 Å². The molecule has 0 heterocycles. The molecule has 0 rings (SSSR count). The second-order valence-corrected chi connectivity index (χ2v) is 0. The Kier molecular flexibility index (Phi) is 231. The second kappa shape index (κ2) is 32.0. The van der Waals surface area contributed by atoms with E-state index in [4.69, 9.17) is 0 Å². The maximum atomic E-state index is 0. The molecule has 0 nitrogen and oxygen atoms in total. The third-order valence-electron chi connectivity index (χ3n) is 0. The zero-order valence-electron chi connectivity index (χ0n) is 2.73. The molecule has 0 aromatic rings. The molecule has 0 unspecified atom stereocenters. The van der Waals surface area contributed by atoms with Gasteiger partial charge in [-0.1, -0.05) is 0 Å². The van der Waals surface area contributed by atoms with Crippen LogP contribution in [0.1, 0.15) is 0 Å². The van der Waals surface area contributed by atoms with E-state index in [0.717, 1.165) is 0 Å². The van der Waals surface area contributed by atoms with Crippen molar-refractivity contribution in [2.75, 3.05) is 0 Å². The summed E-state index contributed by atoms with van der Waals surface area (Å²) in [7, 11) is 0. The fourth-order valence-corrected chi connectivity index (χ4v) is 0. The maximum absolute atomic E-state index is 0. The number of halogens is 1. The van der Waals surface area contributed by atoms with Gasteiger partial charge in [-0.25, -0.2) is 0 Å².